The minimum absolute atomic E-state index is 0.0742. The van der Waals surface area contributed by atoms with Crippen molar-refractivity contribution in [3.8, 4) is 11.3 Å². The molecule has 34 heavy (non-hydrogen) atoms. The number of benzene rings is 2. The van der Waals surface area contributed by atoms with E-state index in [4.69, 9.17) is 0 Å². The van der Waals surface area contributed by atoms with Crippen molar-refractivity contribution < 1.29 is 9.18 Å². The van der Waals surface area contributed by atoms with Gasteiger partial charge in [0.1, 0.15) is 23.2 Å². The van der Waals surface area contributed by atoms with E-state index in [2.05, 4.69) is 25.6 Å². The van der Waals surface area contributed by atoms with Crippen molar-refractivity contribution >= 4 is 16.9 Å². The summed E-state index contributed by atoms with van der Waals surface area (Å²) in [5, 5.41) is 14.3. The van der Waals surface area contributed by atoms with E-state index in [9.17, 15) is 14.0 Å². The fourth-order valence-electron chi connectivity index (χ4n) is 3.65. The highest BCUT2D eigenvalue weighted by atomic mass is 19.1. The number of amides is 1. The molecule has 0 bridgehead atoms. The van der Waals surface area contributed by atoms with Gasteiger partial charge in [0.05, 0.1) is 25.0 Å². The van der Waals surface area contributed by atoms with Crippen LogP contribution >= 0.6 is 0 Å². The Balaban J connectivity index is 1.25. The van der Waals surface area contributed by atoms with Crippen LogP contribution in [-0.2, 0) is 13.1 Å². The van der Waals surface area contributed by atoms with Gasteiger partial charge in [-0.3, -0.25) is 19.3 Å². The number of hydrogen-bond donors (Lipinski definition) is 2. The summed E-state index contributed by atoms with van der Waals surface area (Å²) in [6.07, 6.45) is 2.81. The van der Waals surface area contributed by atoms with Crippen LogP contribution in [0.2, 0.25) is 0 Å². The number of carbonyl (C=O) groups is 1. The van der Waals surface area contributed by atoms with Crippen LogP contribution in [0.3, 0.4) is 0 Å². The Kier molecular flexibility index (Phi) is 5.69. The summed E-state index contributed by atoms with van der Waals surface area (Å²) in [6, 6.07) is 17.5. The predicted octanol–water partition coefficient (Wildman–Crippen LogP) is 2.60. The van der Waals surface area contributed by atoms with Gasteiger partial charge in [0, 0.05) is 17.7 Å². The zero-order valence-electron chi connectivity index (χ0n) is 18.0. The second-order valence-corrected chi connectivity index (χ2v) is 7.66. The monoisotopic (exact) mass is 457 g/mol. The molecule has 1 amide bonds. The first-order chi connectivity index (χ1) is 16.6. The molecule has 0 aliphatic carbocycles. The van der Waals surface area contributed by atoms with Crippen molar-refractivity contribution in [3.05, 3.63) is 101 Å². The quantitative estimate of drug-likeness (QED) is 0.390. The second-order valence-electron chi connectivity index (χ2n) is 7.66. The van der Waals surface area contributed by atoms with Crippen molar-refractivity contribution in [2.45, 2.75) is 13.1 Å². The lowest BCUT2D eigenvalue weighted by atomic mass is 10.1. The Morgan fingerprint density at radius 3 is 2.71 bits per heavy atom. The maximum Gasteiger partial charge on any atom is 0.269 e. The number of nitrogens with one attached hydrogen (secondary N) is 2. The summed E-state index contributed by atoms with van der Waals surface area (Å²) in [6.45, 7) is 0.665. The minimum Gasteiger partial charge on any atom is -0.349 e. The third-order valence-electron chi connectivity index (χ3n) is 5.42. The minimum atomic E-state index is -0.380. The molecule has 0 aliphatic rings. The first-order valence-corrected chi connectivity index (χ1v) is 10.6. The molecule has 0 spiro atoms. The van der Waals surface area contributed by atoms with E-state index in [1.165, 1.54) is 23.2 Å². The predicted molar refractivity (Wildman–Crippen MR) is 124 cm³/mol. The summed E-state index contributed by atoms with van der Waals surface area (Å²) in [4.78, 5) is 29.6. The molecule has 5 aromatic rings. The highest BCUT2D eigenvalue weighted by molar-refractivity contribution is 5.93. The summed E-state index contributed by atoms with van der Waals surface area (Å²) >= 11 is 0. The fraction of sp³-hybridized carbons (Fsp3) is 0.125. The summed E-state index contributed by atoms with van der Waals surface area (Å²) in [5.41, 5.74) is 2.42. The van der Waals surface area contributed by atoms with E-state index in [1.807, 2.05) is 30.3 Å². The largest absolute Gasteiger partial charge is 0.349 e. The Morgan fingerprint density at radius 2 is 1.88 bits per heavy atom. The molecule has 10 heteroatoms. The number of aromatic nitrogens is 6. The van der Waals surface area contributed by atoms with Crippen LogP contribution in [0.5, 0.6) is 0 Å². The van der Waals surface area contributed by atoms with Gasteiger partial charge in [-0.05, 0) is 12.1 Å². The molecule has 3 aromatic heterocycles. The van der Waals surface area contributed by atoms with Crippen molar-refractivity contribution in [2.75, 3.05) is 6.54 Å². The molecular weight excluding hydrogens is 437 g/mol. The van der Waals surface area contributed by atoms with Gasteiger partial charge in [-0.25, -0.2) is 14.1 Å². The van der Waals surface area contributed by atoms with Crippen molar-refractivity contribution in [1.82, 2.24) is 34.8 Å². The van der Waals surface area contributed by atoms with Crippen molar-refractivity contribution in [2.24, 2.45) is 0 Å². The molecule has 0 fully saturated rings. The summed E-state index contributed by atoms with van der Waals surface area (Å²) in [7, 11) is 0. The lowest BCUT2D eigenvalue weighted by Gasteiger charge is -2.07. The van der Waals surface area contributed by atoms with Crippen LogP contribution in [0, 0.1) is 5.82 Å². The van der Waals surface area contributed by atoms with E-state index in [0.717, 1.165) is 5.56 Å². The van der Waals surface area contributed by atoms with Crippen molar-refractivity contribution in [1.29, 1.82) is 0 Å². The van der Waals surface area contributed by atoms with Crippen molar-refractivity contribution in [3.63, 3.8) is 0 Å². The van der Waals surface area contributed by atoms with Gasteiger partial charge in [-0.15, -0.1) is 0 Å². The molecule has 0 atom stereocenters. The fourth-order valence-corrected chi connectivity index (χ4v) is 3.65. The van der Waals surface area contributed by atoms with Gasteiger partial charge in [-0.1, -0.05) is 48.5 Å². The number of fused-ring (bicyclic) bond motifs is 1. The number of rotatable bonds is 7. The number of H-pyrrole nitrogens is 1. The van der Waals surface area contributed by atoms with Gasteiger partial charge in [0.25, 0.3) is 11.5 Å². The Bertz CT molecular complexity index is 1520. The maximum atomic E-state index is 13.9. The topological polar surface area (TPSA) is 110 Å². The molecule has 3 heterocycles. The van der Waals surface area contributed by atoms with E-state index in [1.54, 1.807) is 28.9 Å². The molecule has 0 aliphatic heterocycles. The molecule has 170 valence electrons. The lowest BCUT2D eigenvalue weighted by Crippen LogP contribution is -2.28. The van der Waals surface area contributed by atoms with Gasteiger partial charge in [0.2, 0.25) is 0 Å². The lowest BCUT2D eigenvalue weighted by molar-refractivity contribution is 0.0947. The maximum absolute atomic E-state index is 13.9. The van der Waals surface area contributed by atoms with Crippen LogP contribution in [0.15, 0.2) is 78.0 Å². The molecule has 0 radical (unpaired) electrons. The number of nitrogens with zero attached hydrogens (tertiary/aromatic N) is 5. The van der Waals surface area contributed by atoms with Gasteiger partial charge >= 0.3 is 0 Å². The SMILES string of the molecule is O=C(NCCn1ncc2c(=O)n(Cc3ccccc3F)cnc21)c1cc(-c2ccccc2)n[nH]1. The van der Waals surface area contributed by atoms with E-state index in [-0.39, 0.29) is 30.4 Å². The molecule has 0 saturated carbocycles. The molecule has 0 unspecified atom stereocenters. The Labute approximate surface area is 192 Å². The summed E-state index contributed by atoms with van der Waals surface area (Å²) < 4.78 is 16.8. The molecule has 2 N–H and O–H groups in total. The molecule has 0 saturated heterocycles. The smallest absolute Gasteiger partial charge is 0.269 e. The summed E-state index contributed by atoms with van der Waals surface area (Å²) in [5.74, 6) is -0.680. The van der Waals surface area contributed by atoms with Gasteiger partial charge < -0.3 is 5.32 Å². The number of hydrogen-bond acceptors (Lipinski definition) is 5. The highest BCUT2D eigenvalue weighted by Crippen LogP contribution is 2.16. The third-order valence-corrected chi connectivity index (χ3v) is 5.42. The average molecular weight is 457 g/mol. The zero-order valence-corrected chi connectivity index (χ0v) is 18.0. The van der Waals surface area contributed by atoms with E-state index in [0.29, 0.717) is 34.5 Å². The third kappa shape index (κ3) is 4.20. The zero-order chi connectivity index (χ0) is 23.5. The highest BCUT2D eigenvalue weighted by Gasteiger charge is 2.13. The van der Waals surface area contributed by atoms with Gasteiger partial charge in [-0.2, -0.15) is 10.2 Å². The van der Waals surface area contributed by atoms with Crippen LogP contribution in [0.25, 0.3) is 22.3 Å². The number of aromatic amines is 1. The van der Waals surface area contributed by atoms with E-state index < -0.39 is 0 Å². The number of halogens is 1. The number of carbonyl (C=O) groups excluding carboxylic acids is 1. The van der Waals surface area contributed by atoms with Crippen LogP contribution < -0.4 is 10.9 Å². The normalized spacial score (nSPS) is 11.1. The van der Waals surface area contributed by atoms with Crippen LogP contribution in [0.1, 0.15) is 16.1 Å². The average Bonchev–Trinajstić information content (AvgIpc) is 3.51. The Hall–Kier alpha value is -4.60. The first kappa shape index (κ1) is 21.3. The Morgan fingerprint density at radius 1 is 1.09 bits per heavy atom. The molecule has 2 aromatic carbocycles. The molecule has 5 rings (SSSR count). The standard InChI is InChI=1S/C24H20FN7O2/c25-19-9-5-4-8-17(19)14-31-15-27-22-18(24(31)34)13-28-32(22)11-10-26-23(33)21-12-20(29-30-21)16-6-2-1-3-7-16/h1-9,12-13,15H,10-11,14H2,(H,26,33)(H,29,30). The van der Waals surface area contributed by atoms with Gasteiger partial charge in [0.15, 0.2) is 5.65 Å². The van der Waals surface area contributed by atoms with Crippen LogP contribution in [0.4, 0.5) is 4.39 Å². The first-order valence-electron chi connectivity index (χ1n) is 10.6. The van der Waals surface area contributed by atoms with Crippen LogP contribution in [-0.4, -0.2) is 42.0 Å². The second kappa shape index (κ2) is 9.10. The van der Waals surface area contributed by atoms with E-state index >= 15 is 0 Å². The molecular formula is C24H20FN7O2. The molecule has 9 nitrogen and oxygen atoms in total.